The van der Waals surface area contributed by atoms with Crippen molar-refractivity contribution in [3.05, 3.63) is 45.8 Å². The normalized spacial score (nSPS) is 16.0. The third kappa shape index (κ3) is 4.31. The lowest BCUT2D eigenvalue weighted by molar-refractivity contribution is -0.113. The highest BCUT2D eigenvalue weighted by molar-refractivity contribution is 7.99. The number of anilines is 1. The van der Waals surface area contributed by atoms with Crippen molar-refractivity contribution in [2.75, 3.05) is 11.1 Å². The molecule has 1 aromatic carbocycles. The summed E-state index contributed by atoms with van der Waals surface area (Å²) < 4.78 is 5.79. The number of carbonyl (C=O) groups excluding carboxylic acids is 1. The second-order valence-electron chi connectivity index (χ2n) is 7.44. The van der Waals surface area contributed by atoms with E-state index < -0.39 is 0 Å². The summed E-state index contributed by atoms with van der Waals surface area (Å²) in [5, 5.41) is 11.6. The summed E-state index contributed by atoms with van der Waals surface area (Å²) in [6.45, 7) is 6.32. The summed E-state index contributed by atoms with van der Waals surface area (Å²) in [5.74, 6) is 1.42. The fourth-order valence-electron chi connectivity index (χ4n) is 3.45. The van der Waals surface area contributed by atoms with Crippen LogP contribution in [0.25, 0.3) is 10.8 Å². The van der Waals surface area contributed by atoms with Crippen LogP contribution in [0.15, 0.2) is 33.9 Å². The Morgan fingerprint density at radius 3 is 3.00 bits per heavy atom. The van der Waals surface area contributed by atoms with Crippen molar-refractivity contribution >= 4 is 34.7 Å². The number of benzene rings is 1. The second-order valence-corrected chi connectivity index (χ2v) is 9.50. The first-order valence-corrected chi connectivity index (χ1v) is 11.2. The van der Waals surface area contributed by atoms with Crippen molar-refractivity contribution in [2.24, 2.45) is 5.92 Å². The number of hydrogen-bond acceptors (Lipinski definition) is 6. The summed E-state index contributed by atoms with van der Waals surface area (Å²) in [5.41, 5.74) is 4.47. The molecule has 4 rings (SSSR count). The Bertz CT molecular complexity index is 1010. The zero-order valence-electron chi connectivity index (χ0n) is 16.2. The number of aromatic nitrogens is 2. The van der Waals surface area contributed by atoms with Gasteiger partial charge in [-0.3, -0.25) is 4.79 Å². The molecule has 2 aromatic heterocycles. The van der Waals surface area contributed by atoms with E-state index in [1.807, 2.05) is 26.0 Å². The van der Waals surface area contributed by atoms with Crippen LogP contribution in [0.1, 0.15) is 34.9 Å². The van der Waals surface area contributed by atoms with Gasteiger partial charge in [-0.15, -0.1) is 21.5 Å². The predicted octanol–water partition coefficient (Wildman–Crippen LogP) is 5.27. The SMILES string of the molecule is Cc1ccc(NC(=O)CSc2nnc(-c3cc4c(s3)CC[C@H](C)C4)o2)c(C)c1. The van der Waals surface area contributed by atoms with Gasteiger partial charge in [0.15, 0.2) is 0 Å². The molecule has 28 heavy (non-hydrogen) atoms. The fraction of sp³-hybridized carbons (Fsp3) is 0.381. The van der Waals surface area contributed by atoms with Gasteiger partial charge in [-0.25, -0.2) is 0 Å². The molecular weight excluding hydrogens is 390 g/mol. The lowest BCUT2D eigenvalue weighted by atomic mass is 9.90. The first-order valence-electron chi connectivity index (χ1n) is 9.43. The Hall–Kier alpha value is -2.12. The van der Waals surface area contributed by atoms with E-state index in [-0.39, 0.29) is 11.7 Å². The van der Waals surface area contributed by atoms with Crippen LogP contribution < -0.4 is 5.32 Å². The van der Waals surface area contributed by atoms with E-state index in [0.29, 0.717) is 11.1 Å². The van der Waals surface area contributed by atoms with Gasteiger partial charge in [0, 0.05) is 10.6 Å². The molecule has 1 atom stereocenters. The lowest BCUT2D eigenvalue weighted by Crippen LogP contribution is -2.14. The van der Waals surface area contributed by atoms with Crippen LogP contribution in [0.3, 0.4) is 0 Å². The van der Waals surface area contributed by atoms with Gasteiger partial charge in [0.1, 0.15) is 0 Å². The van der Waals surface area contributed by atoms with Gasteiger partial charge in [0.05, 0.1) is 10.6 Å². The summed E-state index contributed by atoms with van der Waals surface area (Å²) in [4.78, 5) is 14.7. The predicted molar refractivity (Wildman–Crippen MR) is 114 cm³/mol. The summed E-state index contributed by atoms with van der Waals surface area (Å²) >= 11 is 3.01. The number of rotatable bonds is 5. The van der Waals surface area contributed by atoms with E-state index in [4.69, 9.17) is 4.42 Å². The van der Waals surface area contributed by atoms with Gasteiger partial charge in [0.2, 0.25) is 5.91 Å². The van der Waals surface area contributed by atoms with Crippen molar-refractivity contribution < 1.29 is 9.21 Å². The Kier molecular flexibility index (Phi) is 5.55. The molecule has 0 fully saturated rings. The van der Waals surface area contributed by atoms with Gasteiger partial charge in [-0.05, 0) is 62.3 Å². The van der Waals surface area contributed by atoms with E-state index in [1.54, 1.807) is 11.3 Å². The first-order chi connectivity index (χ1) is 13.5. The van der Waals surface area contributed by atoms with Crippen LogP contribution in [-0.2, 0) is 17.6 Å². The molecule has 1 aliphatic rings. The Labute approximate surface area is 173 Å². The zero-order valence-corrected chi connectivity index (χ0v) is 17.9. The largest absolute Gasteiger partial charge is 0.410 e. The van der Waals surface area contributed by atoms with Crippen molar-refractivity contribution in [2.45, 2.75) is 45.3 Å². The number of nitrogens with zero attached hydrogens (tertiary/aromatic N) is 2. The monoisotopic (exact) mass is 413 g/mol. The summed E-state index contributed by atoms with van der Waals surface area (Å²) in [6.07, 6.45) is 3.50. The molecule has 1 amide bonds. The smallest absolute Gasteiger partial charge is 0.277 e. The number of thioether (sulfide) groups is 1. The molecule has 0 saturated carbocycles. The number of hydrogen-bond donors (Lipinski definition) is 1. The number of aryl methyl sites for hydroxylation is 3. The quantitative estimate of drug-likeness (QED) is 0.577. The van der Waals surface area contributed by atoms with Gasteiger partial charge >= 0.3 is 0 Å². The third-order valence-corrected chi connectivity index (χ3v) is 6.97. The van der Waals surface area contributed by atoms with Crippen LogP contribution in [-0.4, -0.2) is 21.9 Å². The van der Waals surface area contributed by atoms with Crippen LogP contribution >= 0.6 is 23.1 Å². The van der Waals surface area contributed by atoms with Crippen LogP contribution in [0.2, 0.25) is 0 Å². The topological polar surface area (TPSA) is 68.0 Å². The molecule has 0 unspecified atom stereocenters. The van der Waals surface area contributed by atoms with E-state index in [2.05, 4.69) is 34.6 Å². The maximum atomic E-state index is 12.2. The van der Waals surface area contributed by atoms with Crippen molar-refractivity contribution in [3.63, 3.8) is 0 Å². The van der Waals surface area contributed by atoms with Crippen LogP contribution in [0.4, 0.5) is 5.69 Å². The fourth-order valence-corrected chi connectivity index (χ4v) is 5.14. The molecule has 0 spiro atoms. The number of carbonyl (C=O) groups is 1. The third-order valence-electron chi connectivity index (χ3n) is 4.93. The highest BCUT2D eigenvalue weighted by Gasteiger charge is 2.21. The second kappa shape index (κ2) is 8.09. The molecule has 7 heteroatoms. The molecular formula is C21H23N3O2S2. The Balaban J connectivity index is 1.37. The molecule has 2 heterocycles. The van der Waals surface area contributed by atoms with Gasteiger partial charge in [0.25, 0.3) is 11.1 Å². The van der Waals surface area contributed by atoms with Crippen molar-refractivity contribution in [3.8, 4) is 10.8 Å². The number of thiophene rings is 1. The Morgan fingerprint density at radius 2 is 2.18 bits per heavy atom. The first kappa shape index (κ1) is 19.2. The minimum absolute atomic E-state index is 0.0859. The molecule has 1 N–H and O–H groups in total. The molecule has 5 nitrogen and oxygen atoms in total. The maximum absolute atomic E-state index is 12.2. The number of nitrogens with one attached hydrogen (secondary N) is 1. The minimum Gasteiger partial charge on any atom is -0.410 e. The van der Waals surface area contributed by atoms with Crippen LogP contribution in [0, 0.1) is 19.8 Å². The van der Waals surface area contributed by atoms with Crippen molar-refractivity contribution in [1.29, 1.82) is 0 Å². The number of amides is 1. The molecule has 1 aliphatic carbocycles. The van der Waals surface area contributed by atoms with Gasteiger partial charge < -0.3 is 9.73 Å². The van der Waals surface area contributed by atoms with Gasteiger partial charge in [-0.2, -0.15) is 0 Å². The highest BCUT2D eigenvalue weighted by Crippen LogP contribution is 2.37. The lowest BCUT2D eigenvalue weighted by Gasteiger charge is -2.16. The summed E-state index contributed by atoms with van der Waals surface area (Å²) in [6, 6.07) is 8.15. The Morgan fingerprint density at radius 1 is 1.32 bits per heavy atom. The van der Waals surface area contributed by atoms with E-state index in [1.165, 1.54) is 34.2 Å². The zero-order chi connectivity index (χ0) is 19.7. The summed E-state index contributed by atoms with van der Waals surface area (Å²) in [7, 11) is 0. The highest BCUT2D eigenvalue weighted by atomic mass is 32.2. The van der Waals surface area contributed by atoms with E-state index in [9.17, 15) is 4.79 Å². The standard InChI is InChI=1S/C21H23N3O2S2/c1-12-4-6-16(14(3)8-12)22-19(25)11-27-21-24-23-20(26-21)18-10-15-9-13(2)5-7-17(15)28-18/h4,6,8,10,13H,5,7,9,11H2,1-3H3,(H,22,25)/t13-/m0/s1. The van der Waals surface area contributed by atoms with Crippen LogP contribution in [0.5, 0.6) is 0 Å². The average Bonchev–Trinajstić information content (AvgIpc) is 3.28. The molecule has 0 radical (unpaired) electrons. The van der Waals surface area contributed by atoms with Gasteiger partial charge in [-0.1, -0.05) is 36.4 Å². The molecule has 3 aromatic rings. The average molecular weight is 414 g/mol. The van der Waals surface area contributed by atoms with E-state index in [0.717, 1.165) is 34.9 Å². The van der Waals surface area contributed by atoms with Crippen molar-refractivity contribution in [1.82, 2.24) is 10.2 Å². The molecule has 0 bridgehead atoms. The maximum Gasteiger partial charge on any atom is 0.277 e. The molecule has 0 aliphatic heterocycles. The minimum atomic E-state index is -0.0859. The number of fused-ring (bicyclic) bond motifs is 1. The molecule has 0 saturated heterocycles. The molecule has 146 valence electrons. The van der Waals surface area contributed by atoms with E-state index >= 15 is 0 Å².